The summed E-state index contributed by atoms with van der Waals surface area (Å²) in [7, 11) is 2.03. The molecule has 0 amide bonds. The van der Waals surface area contributed by atoms with Gasteiger partial charge in [0.15, 0.2) is 0 Å². The molecular formula is C16H25NO. The molecule has 1 aliphatic carbocycles. The van der Waals surface area contributed by atoms with Crippen LogP contribution in [0.2, 0.25) is 0 Å². The Morgan fingerprint density at radius 1 is 1.28 bits per heavy atom. The summed E-state index contributed by atoms with van der Waals surface area (Å²) in [6.45, 7) is 4.19. The van der Waals surface area contributed by atoms with Gasteiger partial charge in [0.2, 0.25) is 0 Å². The van der Waals surface area contributed by atoms with Crippen molar-refractivity contribution in [2.24, 2.45) is 5.41 Å². The fourth-order valence-electron chi connectivity index (χ4n) is 2.87. The van der Waals surface area contributed by atoms with Crippen molar-refractivity contribution in [2.45, 2.75) is 45.3 Å². The van der Waals surface area contributed by atoms with E-state index in [-0.39, 0.29) is 0 Å². The Bertz CT molecular complexity index is 343. The summed E-state index contributed by atoms with van der Waals surface area (Å²) in [5.74, 6) is 0. The molecule has 0 heterocycles. The number of nitrogens with one attached hydrogen (secondary N) is 1. The van der Waals surface area contributed by atoms with E-state index < -0.39 is 0 Å². The predicted octanol–water partition coefficient (Wildman–Crippen LogP) is 3.37. The Kier molecular flexibility index (Phi) is 4.79. The van der Waals surface area contributed by atoms with E-state index >= 15 is 0 Å². The molecule has 0 radical (unpaired) electrons. The van der Waals surface area contributed by atoms with Crippen LogP contribution in [0.4, 0.5) is 0 Å². The first kappa shape index (κ1) is 13.6. The third-order valence-electron chi connectivity index (χ3n) is 4.31. The van der Waals surface area contributed by atoms with E-state index in [9.17, 15) is 0 Å². The van der Waals surface area contributed by atoms with Crippen LogP contribution in [0.15, 0.2) is 30.3 Å². The Balaban J connectivity index is 1.72. The summed E-state index contributed by atoms with van der Waals surface area (Å²) in [4.78, 5) is 0. The highest BCUT2D eigenvalue weighted by atomic mass is 16.5. The maximum atomic E-state index is 5.98. The first-order chi connectivity index (χ1) is 8.78. The molecule has 0 aliphatic heterocycles. The zero-order valence-electron chi connectivity index (χ0n) is 11.6. The fraction of sp³-hybridized carbons (Fsp3) is 0.625. The van der Waals surface area contributed by atoms with Crippen LogP contribution in [-0.2, 0) is 11.3 Å². The molecule has 1 aliphatic rings. The molecule has 0 spiro atoms. The first-order valence-electron chi connectivity index (χ1n) is 7.08. The van der Waals surface area contributed by atoms with Gasteiger partial charge in [-0.05, 0) is 43.8 Å². The second kappa shape index (κ2) is 6.35. The van der Waals surface area contributed by atoms with Gasteiger partial charge in [0.25, 0.3) is 0 Å². The number of hydrogen-bond acceptors (Lipinski definition) is 2. The smallest absolute Gasteiger partial charge is 0.0720 e. The average molecular weight is 247 g/mol. The van der Waals surface area contributed by atoms with E-state index in [0.717, 1.165) is 13.2 Å². The lowest BCUT2D eigenvalue weighted by molar-refractivity contribution is -0.0932. The molecule has 1 aromatic carbocycles. The standard InChI is InChI=1S/C16H25NO/c1-3-16(9-10-17-2)11-15(12-16)18-13-14-7-5-4-6-8-14/h4-8,15,17H,3,9-13H2,1-2H3. The summed E-state index contributed by atoms with van der Waals surface area (Å²) in [5.41, 5.74) is 1.83. The third kappa shape index (κ3) is 3.33. The molecule has 0 bridgehead atoms. The molecule has 0 aromatic heterocycles. The van der Waals surface area contributed by atoms with E-state index in [1.165, 1.54) is 31.2 Å². The minimum Gasteiger partial charge on any atom is -0.374 e. The molecule has 0 unspecified atom stereocenters. The van der Waals surface area contributed by atoms with Crippen molar-refractivity contribution in [1.29, 1.82) is 0 Å². The molecule has 2 rings (SSSR count). The maximum Gasteiger partial charge on any atom is 0.0720 e. The van der Waals surface area contributed by atoms with Gasteiger partial charge in [0, 0.05) is 0 Å². The van der Waals surface area contributed by atoms with E-state index in [4.69, 9.17) is 4.74 Å². The second-order valence-electron chi connectivity index (χ2n) is 5.53. The van der Waals surface area contributed by atoms with Gasteiger partial charge in [-0.15, -0.1) is 0 Å². The van der Waals surface area contributed by atoms with E-state index in [1.54, 1.807) is 0 Å². The highest BCUT2D eigenvalue weighted by molar-refractivity contribution is 5.13. The summed E-state index contributed by atoms with van der Waals surface area (Å²) in [5, 5.41) is 3.26. The quantitative estimate of drug-likeness (QED) is 0.797. The van der Waals surface area contributed by atoms with Crippen molar-refractivity contribution in [3.05, 3.63) is 35.9 Å². The zero-order chi connectivity index (χ0) is 12.8. The molecule has 1 saturated carbocycles. The molecule has 0 saturated heterocycles. The Morgan fingerprint density at radius 2 is 2.00 bits per heavy atom. The van der Waals surface area contributed by atoms with E-state index in [2.05, 4.69) is 36.5 Å². The lowest BCUT2D eigenvalue weighted by Gasteiger charge is -2.47. The summed E-state index contributed by atoms with van der Waals surface area (Å²) >= 11 is 0. The highest BCUT2D eigenvalue weighted by Crippen LogP contribution is 2.48. The van der Waals surface area contributed by atoms with Crippen LogP contribution in [0.25, 0.3) is 0 Å². The van der Waals surface area contributed by atoms with Crippen LogP contribution >= 0.6 is 0 Å². The van der Waals surface area contributed by atoms with Crippen molar-refractivity contribution in [2.75, 3.05) is 13.6 Å². The SMILES string of the molecule is CCC1(CCNC)CC(OCc2ccccc2)C1. The van der Waals surface area contributed by atoms with Gasteiger partial charge < -0.3 is 10.1 Å². The van der Waals surface area contributed by atoms with Gasteiger partial charge in [0.05, 0.1) is 12.7 Å². The lowest BCUT2D eigenvalue weighted by atomic mass is 9.63. The summed E-state index contributed by atoms with van der Waals surface area (Å²) < 4.78 is 5.98. The van der Waals surface area contributed by atoms with E-state index in [1.807, 2.05) is 13.1 Å². The minimum absolute atomic E-state index is 0.474. The largest absolute Gasteiger partial charge is 0.374 e. The van der Waals surface area contributed by atoms with Gasteiger partial charge in [-0.3, -0.25) is 0 Å². The molecule has 100 valence electrons. The van der Waals surface area contributed by atoms with Crippen LogP contribution in [0.3, 0.4) is 0 Å². The average Bonchev–Trinajstić information content (AvgIpc) is 2.38. The predicted molar refractivity (Wildman–Crippen MR) is 75.5 cm³/mol. The Labute approximate surface area is 111 Å². The van der Waals surface area contributed by atoms with Crippen molar-refractivity contribution < 1.29 is 4.74 Å². The second-order valence-corrected chi connectivity index (χ2v) is 5.53. The van der Waals surface area contributed by atoms with Crippen LogP contribution in [-0.4, -0.2) is 19.7 Å². The molecule has 1 aromatic rings. The van der Waals surface area contributed by atoms with Crippen molar-refractivity contribution in [3.8, 4) is 0 Å². The highest BCUT2D eigenvalue weighted by Gasteiger charge is 2.42. The van der Waals surface area contributed by atoms with Gasteiger partial charge >= 0.3 is 0 Å². The molecule has 0 atom stereocenters. The molecule has 2 nitrogen and oxygen atoms in total. The van der Waals surface area contributed by atoms with Crippen molar-refractivity contribution >= 4 is 0 Å². The minimum atomic E-state index is 0.474. The topological polar surface area (TPSA) is 21.3 Å². The molecule has 1 fully saturated rings. The van der Waals surface area contributed by atoms with Gasteiger partial charge in [-0.2, -0.15) is 0 Å². The number of ether oxygens (including phenoxy) is 1. The number of hydrogen-bond donors (Lipinski definition) is 1. The van der Waals surface area contributed by atoms with Crippen LogP contribution in [0.1, 0.15) is 38.2 Å². The van der Waals surface area contributed by atoms with Crippen LogP contribution in [0.5, 0.6) is 0 Å². The van der Waals surface area contributed by atoms with Crippen molar-refractivity contribution in [3.63, 3.8) is 0 Å². The Morgan fingerprint density at radius 3 is 2.61 bits per heavy atom. The monoisotopic (exact) mass is 247 g/mol. The molecule has 1 N–H and O–H groups in total. The maximum absolute atomic E-state index is 5.98. The van der Waals surface area contributed by atoms with E-state index in [0.29, 0.717) is 11.5 Å². The molecular weight excluding hydrogens is 222 g/mol. The number of benzene rings is 1. The fourth-order valence-corrected chi connectivity index (χ4v) is 2.87. The zero-order valence-corrected chi connectivity index (χ0v) is 11.6. The van der Waals surface area contributed by atoms with Gasteiger partial charge in [-0.25, -0.2) is 0 Å². The summed E-state index contributed by atoms with van der Waals surface area (Å²) in [6.07, 6.45) is 5.50. The van der Waals surface area contributed by atoms with Crippen molar-refractivity contribution in [1.82, 2.24) is 5.32 Å². The normalized spacial score (nSPS) is 26.9. The van der Waals surface area contributed by atoms with Gasteiger partial charge in [-0.1, -0.05) is 43.7 Å². The Hall–Kier alpha value is -0.860. The first-order valence-corrected chi connectivity index (χ1v) is 7.08. The molecule has 18 heavy (non-hydrogen) atoms. The number of rotatable bonds is 7. The lowest BCUT2D eigenvalue weighted by Crippen LogP contribution is -2.43. The molecule has 2 heteroatoms. The summed E-state index contributed by atoms with van der Waals surface area (Å²) in [6, 6.07) is 10.5. The van der Waals surface area contributed by atoms with Crippen LogP contribution < -0.4 is 5.32 Å². The van der Waals surface area contributed by atoms with Gasteiger partial charge in [0.1, 0.15) is 0 Å². The third-order valence-corrected chi connectivity index (χ3v) is 4.31. The van der Waals surface area contributed by atoms with Crippen LogP contribution in [0, 0.1) is 5.41 Å².